The van der Waals surface area contributed by atoms with E-state index in [-0.39, 0.29) is 6.03 Å². The Morgan fingerprint density at radius 1 is 1.29 bits per heavy atom. The zero-order valence-corrected chi connectivity index (χ0v) is 15.5. The average molecular weight is 383 g/mol. The molecule has 1 aliphatic heterocycles. The van der Waals surface area contributed by atoms with E-state index >= 15 is 0 Å². The molecule has 0 aromatic carbocycles. The first-order valence-electron chi connectivity index (χ1n) is 9.08. The second kappa shape index (κ2) is 8.09. The van der Waals surface area contributed by atoms with Gasteiger partial charge in [-0.15, -0.1) is 0 Å². The molecule has 4 heterocycles. The van der Waals surface area contributed by atoms with Crippen LogP contribution in [0.5, 0.6) is 0 Å². The number of nitrogens with zero attached hydrogens (tertiary/aromatic N) is 5. The first kappa shape index (κ1) is 18.0. The Hall–Kier alpha value is -3.40. The molecule has 0 spiro atoms. The largest absolute Gasteiger partial charge is 0.422 e. The first-order chi connectivity index (χ1) is 13.7. The van der Waals surface area contributed by atoms with Crippen LogP contribution < -0.4 is 15.5 Å². The maximum atomic E-state index is 11.7. The van der Waals surface area contributed by atoms with Crippen molar-refractivity contribution in [3.63, 3.8) is 0 Å². The lowest BCUT2D eigenvalue weighted by molar-refractivity contribution is 0.136. The minimum Gasteiger partial charge on any atom is -0.422 e. The predicted molar refractivity (Wildman–Crippen MR) is 102 cm³/mol. The summed E-state index contributed by atoms with van der Waals surface area (Å²) in [6, 6.07) is 3.88. The Bertz CT molecular complexity index is 935. The van der Waals surface area contributed by atoms with Crippen LogP contribution in [0, 0.1) is 0 Å². The van der Waals surface area contributed by atoms with Crippen LogP contribution in [0.25, 0.3) is 11.5 Å². The summed E-state index contributed by atoms with van der Waals surface area (Å²) in [5.74, 6) is 0.531. The van der Waals surface area contributed by atoms with Gasteiger partial charge in [-0.3, -0.25) is 14.6 Å². The van der Waals surface area contributed by atoms with Crippen LogP contribution in [0.3, 0.4) is 0 Å². The van der Waals surface area contributed by atoms with Crippen LogP contribution in [-0.4, -0.2) is 52.1 Å². The molecule has 0 unspecified atom stereocenters. The van der Waals surface area contributed by atoms with E-state index in [1.165, 1.54) is 0 Å². The number of nitrogens with one attached hydrogen (secondary N) is 2. The fourth-order valence-electron chi connectivity index (χ4n) is 2.84. The highest BCUT2D eigenvalue weighted by molar-refractivity contribution is 5.93. The van der Waals surface area contributed by atoms with Crippen LogP contribution in [-0.2, 0) is 11.3 Å². The molecule has 10 nitrogen and oxygen atoms in total. The van der Waals surface area contributed by atoms with Gasteiger partial charge in [-0.25, -0.2) is 9.78 Å². The summed E-state index contributed by atoms with van der Waals surface area (Å²) in [4.78, 5) is 22.0. The van der Waals surface area contributed by atoms with E-state index < -0.39 is 0 Å². The zero-order chi connectivity index (χ0) is 19.3. The van der Waals surface area contributed by atoms with Gasteiger partial charge < -0.3 is 19.8 Å². The second-order valence-electron chi connectivity index (χ2n) is 6.13. The number of amides is 2. The Kier molecular flexibility index (Phi) is 5.20. The van der Waals surface area contributed by atoms with Gasteiger partial charge in [-0.2, -0.15) is 5.10 Å². The van der Waals surface area contributed by atoms with Crippen molar-refractivity contribution in [2.45, 2.75) is 13.5 Å². The Balaban J connectivity index is 1.39. The minimum atomic E-state index is -0.109. The van der Waals surface area contributed by atoms with Gasteiger partial charge in [0.05, 0.1) is 43.1 Å². The molecule has 1 saturated heterocycles. The Morgan fingerprint density at radius 3 is 2.96 bits per heavy atom. The van der Waals surface area contributed by atoms with Crippen molar-refractivity contribution in [1.29, 1.82) is 0 Å². The van der Waals surface area contributed by atoms with Crippen molar-refractivity contribution in [3.8, 4) is 11.5 Å². The molecule has 0 atom stereocenters. The molecule has 1 aliphatic rings. The molecular formula is C18H21N7O3. The van der Waals surface area contributed by atoms with Gasteiger partial charge in [0.2, 0.25) is 0 Å². The summed E-state index contributed by atoms with van der Waals surface area (Å²) in [6.07, 6.45) is 6.81. The SMILES string of the molecule is CCOCCn1cc(Nc2ncc(-c3ccc(N4CCNC4=O)cn3)o2)cn1. The zero-order valence-electron chi connectivity index (χ0n) is 15.5. The van der Waals surface area contributed by atoms with Gasteiger partial charge >= 0.3 is 6.03 Å². The summed E-state index contributed by atoms with van der Waals surface area (Å²) in [5.41, 5.74) is 2.15. The average Bonchev–Trinajstić information content (AvgIpc) is 3.44. The molecule has 2 amide bonds. The molecule has 0 saturated carbocycles. The third kappa shape index (κ3) is 3.96. The van der Waals surface area contributed by atoms with E-state index in [2.05, 4.69) is 25.7 Å². The third-order valence-electron chi connectivity index (χ3n) is 4.23. The van der Waals surface area contributed by atoms with Gasteiger partial charge in [-0.05, 0) is 19.1 Å². The molecule has 10 heteroatoms. The van der Waals surface area contributed by atoms with E-state index in [9.17, 15) is 4.79 Å². The third-order valence-corrected chi connectivity index (χ3v) is 4.23. The van der Waals surface area contributed by atoms with Gasteiger partial charge in [0, 0.05) is 25.9 Å². The van der Waals surface area contributed by atoms with Gasteiger partial charge in [0.25, 0.3) is 6.01 Å². The van der Waals surface area contributed by atoms with Crippen molar-refractivity contribution in [2.24, 2.45) is 0 Å². The highest BCUT2D eigenvalue weighted by Gasteiger charge is 2.21. The number of pyridine rings is 1. The molecule has 146 valence electrons. The van der Waals surface area contributed by atoms with Gasteiger partial charge in [0.15, 0.2) is 5.76 Å². The van der Waals surface area contributed by atoms with Crippen LogP contribution in [0.1, 0.15) is 6.92 Å². The van der Waals surface area contributed by atoms with Crippen LogP contribution in [0.15, 0.2) is 41.3 Å². The number of oxazole rings is 1. The number of carbonyl (C=O) groups excluding carboxylic acids is 1. The van der Waals surface area contributed by atoms with E-state index in [1.54, 1.807) is 34.2 Å². The Labute approximate surface area is 161 Å². The molecule has 0 bridgehead atoms. The number of hydrogen-bond donors (Lipinski definition) is 2. The number of ether oxygens (including phenoxy) is 1. The molecule has 4 rings (SSSR count). The predicted octanol–water partition coefficient (Wildman–Crippen LogP) is 2.24. The molecule has 2 N–H and O–H groups in total. The summed E-state index contributed by atoms with van der Waals surface area (Å²) in [6.45, 7) is 5.21. The number of urea groups is 1. The second-order valence-corrected chi connectivity index (χ2v) is 6.13. The monoisotopic (exact) mass is 383 g/mol. The van der Waals surface area contributed by atoms with E-state index in [4.69, 9.17) is 9.15 Å². The highest BCUT2D eigenvalue weighted by Crippen LogP contribution is 2.25. The Morgan fingerprint density at radius 2 is 2.21 bits per heavy atom. The molecule has 3 aromatic heterocycles. The first-order valence-corrected chi connectivity index (χ1v) is 9.08. The topological polar surface area (TPSA) is 110 Å². The molecule has 0 aliphatic carbocycles. The van der Waals surface area contributed by atoms with E-state index in [0.717, 1.165) is 11.4 Å². The summed E-state index contributed by atoms with van der Waals surface area (Å²) >= 11 is 0. The molecule has 3 aromatic rings. The van der Waals surface area contributed by atoms with Gasteiger partial charge in [-0.1, -0.05) is 0 Å². The number of hydrogen-bond acceptors (Lipinski definition) is 7. The number of rotatable bonds is 8. The number of carbonyl (C=O) groups is 1. The standard InChI is InChI=1S/C18H21N7O3/c1-2-27-8-7-24-12-13(9-22-24)23-17-21-11-16(28-17)15-4-3-14(10-20-15)25-6-5-19-18(25)26/h3-4,9-12H,2,5-8H2,1H3,(H,19,26)(H,21,23). The van der Waals surface area contributed by atoms with Crippen molar-refractivity contribution in [3.05, 3.63) is 36.9 Å². The maximum absolute atomic E-state index is 11.7. The normalized spacial score (nSPS) is 13.8. The van der Waals surface area contributed by atoms with Crippen LogP contribution in [0.4, 0.5) is 22.2 Å². The lowest BCUT2D eigenvalue weighted by Gasteiger charge is -2.13. The van der Waals surface area contributed by atoms with Crippen LogP contribution in [0.2, 0.25) is 0 Å². The fraction of sp³-hybridized carbons (Fsp3) is 0.333. The minimum absolute atomic E-state index is 0.109. The molecule has 28 heavy (non-hydrogen) atoms. The smallest absolute Gasteiger partial charge is 0.322 e. The highest BCUT2D eigenvalue weighted by atomic mass is 16.5. The van der Waals surface area contributed by atoms with Gasteiger partial charge in [0.1, 0.15) is 5.69 Å². The van der Waals surface area contributed by atoms with E-state index in [1.807, 2.05) is 19.2 Å². The molecule has 1 fully saturated rings. The summed E-state index contributed by atoms with van der Waals surface area (Å²) in [7, 11) is 0. The summed E-state index contributed by atoms with van der Waals surface area (Å²) < 4.78 is 12.8. The van der Waals surface area contributed by atoms with Crippen molar-refractivity contribution in [2.75, 3.05) is 36.5 Å². The van der Waals surface area contributed by atoms with E-state index in [0.29, 0.717) is 50.3 Å². The molecular weight excluding hydrogens is 362 g/mol. The van der Waals surface area contributed by atoms with Crippen molar-refractivity contribution < 1.29 is 13.9 Å². The lowest BCUT2D eigenvalue weighted by atomic mass is 10.3. The fourth-order valence-corrected chi connectivity index (χ4v) is 2.84. The number of anilines is 3. The summed E-state index contributed by atoms with van der Waals surface area (Å²) in [5, 5.41) is 10.1. The molecule has 0 radical (unpaired) electrons. The van der Waals surface area contributed by atoms with Crippen molar-refractivity contribution in [1.82, 2.24) is 25.1 Å². The maximum Gasteiger partial charge on any atom is 0.322 e. The van der Waals surface area contributed by atoms with Crippen LogP contribution >= 0.6 is 0 Å². The quantitative estimate of drug-likeness (QED) is 0.574. The number of aromatic nitrogens is 4. The van der Waals surface area contributed by atoms with Crippen molar-refractivity contribution >= 4 is 23.4 Å². The lowest BCUT2D eigenvalue weighted by Crippen LogP contribution is -2.27.